The van der Waals surface area contributed by atoms with E-state index in [1.165, 1.54) is 25.1 Å². The quantitative estimate of drug-likeness (QED) is 0.369. The Morgan fingerprint density at radius 2 is 2.22 bits per heavy atom. The lowest BCUT2D eigenvalue weighted by Gasteiger charge is -2.13. The average Bonchev–Trinajstić information content (AvgIpc) is 2.31. The minimum atomic E-state index is -0.924. The van der Waals surface area contributed by atoms with Gasteiger partial charge in [-0.25, -0.2) is 4.79 Å². The molecule has 0 aromatic heterocycles. The van der Waals surface area contributed by atoms with Crippen molar-refractivity contribution in [1.29, 1.82) is 0 Å². The molecule has 0 heterocycles. The van der Waals surface area contributed by atoms with Crippen LogP contribution >= 0.6 is 0 Å². The molecule has 98 valence electrons. The number of benzene rings is 1. The molecule has 0 amide bonds. The zero-order chi connectivity index (χ0) is 13.7. The number of nitrogens with two attached hydrogens (primary N) is 1. The predicted molar refractivity (Wildman–Crippen MR) is 64.2 cm³/mol. The van der Waals surface area contributed by atoms with E-state index in [0.717, 1.165) is 0 Å². The van der Waals surface area contributed by atoms with Gasteiger partial charge in [0.05, 0.1) is 11.5 Å². The Morgan fingerprint density at radius 3 is 2.78 bits per heavy atom. The first-order valence-corrected chi connectivity index (χ1v) is 5.33. The van der Waals surface area contributed by atoms with Crippen LogP contribution in [0.15, 0.2) is 18.2 Å². The van der Waals surface area contributed by atoms with Crippen LogP contribution in [0.1, 0.15) is 13.8 Å². The van der Waals surface area contributed by atoms with Crippen molar-refractivity contribution < 1.29 is 19.2 Å². The van der Waals surface area contributed by atoms with Gasteiger partial charge in [0.1, 0.15) is 0 Å². The number of anilines is 1. The number of nitrogens with zero attached hydrogens (tertiary/aromatic N) is 1. The summed E-state index contributed by atoms with van der Waals surface area (Å²) in [5.41, 5.74) is 5.41. The first-order chi connectivity index (χ1) is 8.45. The Bertz CT molecular complexity index is 461. The molecule has 0 spiro atoms. The van der Waals surface area contributed by atoms with Crippen LogP contribution < -0.4 is 10.5 Å². The number of esters is 1. The van der Waals surface area contributed by atoms with Crippen LogP contribution in [0.3, 0.4) is 0 Å². The number of nitro benzene ring substituents is 1. The van der Waals surface area contributed by atoms with E-state index in [4.69, 9.17) is 15.2 Å². The lowest BCUT2D eigenvalue weighted by molar-refractivity contribution is -0.385. The highest BCUT2D eigenvalue weighted by molar-refractivity contribution is 5.75. The molecule has 0 fully saturated rings. The first-order valence-electron chi connectivity index (χ1n) is 5.33. The van der Waals surface area contributed by atoms with Gasteiger partial charge in [0.2, 0.25) is 0 Å². The smallest absolute Gasteiger partial charge is 0.347 e. The molecule has 1 aromatic rings. The average molecular weight is 254 g/mol. The van der Waals surface area contributed by atoms with Gasteiger partial charge in [0.15, 0.2) is 11.9 Å². The molecular weight excluding hydrogens is 240 g/mol. The van der Waals surface area contributed by atoms with Crippen LogP contribution in [0.4, 0.5) is 11.4 Å². The molecule has 0 aliphatic heterocycles. The van der Waals surface area contributed by atoms with Crippen molar-refractivity contribution in [2.45, 2.75) is 20.0 Å². The highest BCUT2D eigenvalue weighted by atomic mass is 16.6. The minimum Gasteiger partial charge on any atom is -0.472 e. The molecule has 7 nitrogen and oxygen atoms in total. The zero-order valence-electron chi connectivity index (χ0n) is 10.1. The summed E-state index contributed by atoms with van der Waals surface area (Å²) < 4.78 is 9.95. The van der Waals surface area contributed by atoms with Crippen LogP contribution in [0.2, 0.25) is 0 Å². The molecule has 0 aliphatic rings. The highest BCUT2D eigenvalue weighted by Gasteiger charge is 2.22. The van der Waals surface area contributed by atoms with E-state index in [1.807, 2.05) is 0 Å². The molecule has 1 rings (SSSR count). The summed E-state index contributed by atoms with van der Waals surface area (Å²) in [6, 6.07) is 3.98. The van der Waals surface area contributed by atoms with E-state index in [1.54, 1.807) is 6.92 Å². The van der Waals surface area contributed by atoms with E-state index >= 15 is 0 Å². The second kappa shape index (κ2) is 5.85. The van der Waals surface area contributed by atoms with E-state index in [-0.39, 0.29) is 23.7 Å². The Hall–Kier alpha value is -2.31. The van der Waals surface area contributed by atoms with E-state index in [9.17, 15) is 14.9 Å². The molecule has 1 aromatic carbocycles. The molecule has 0 radical (unpaired) electrons. The lowest BCUT2D eigenvalue weighted by Crippen LogP contribution is -2.26. The van der Waals surface area contributed by atoms with E-state index in [0.29, 0.717) is 0 Å². The van der Waals surface area contributed by atoms with Crippen molar-refractivity contribution in [3.05, 3.63) is 28.3 Å². The Morgan fingerprint density at radius 1 is 1.56 bits per heavy atom. The third kappa shape index (κ3) is 3.34. The molecule has 7 heteroatoms. The fourth-order valence-corrected chi connectivity index (χ4v) is 1.27. The van der Waals surface area contributed by atoms with Gasteiger partial charge >= 0.3 is 11.7 Å². The van der Waals surface area contributed by atoms with Crippen LogP contribution in [0.25, 0.3) is 0 Å². The summed E-state index contributed by atoms with van der Waals surface area (Å²) in [5.74, 6) is -0.599. The number of rotatable bonds is 5. The zero-order valence-corrected chi connectivity index (χ0v) is 10.1. The maximum atomic E-state index is 11.4. The molecule has 0 saturated carbocycles. The number of hydrogen-bond donors (Lipinski definition) is 1. The van der Waals surface area contributed by atoms with Crippen molar-refractivity contribution >= 4 is 17.3 Å². The standard InChI is InChI=1S/C11H14N2O5/c1-3-17-11(14)7(2)18-10-5-4-8(12)6-9(10)13(15)16/h4-7H,3,12H2,1-2H3/t7-/m0/s1. The van der Waals surface area contributed by atoms with Gasteiger partial charge in [-0.15, -0.1) is 0 Å². The maximum absolute atomic E-state index is 11.4. The topological polar surface area (TPSA) is 105 Å². The van der Waals surface area contributed by atoms with Crippen molar-refractivity contribution in [1.82, 2.24) is 0 Å². The summed E-state index contributed by atoms with van der Waals surface area (Å²) in [5, 5.41) is 10.8. The van der Waals surface area contributed by atoms with Crippen LogP contribution in [0, 0.1) is 10.1 Å². The third-order valence-corrected chi connectivity index (χ3v) is 2.10. The molecule has 0 bridgehead atoms. The molecule has 2 N–H and O–H groups in total. The third-order valence-electron chi connectivity index (χ3n) is 2.10. The number of carbonyl (C=O) groups is 1. The minimum absolute atomic E-state index is 0.0187. The van der Waals surface area contributed by atoms with E-state index < -0.39 is 17.0 Å². The van der Waals surface area contributed by atoms with Crippen molar-refractivity contribution in [3.8, 4) is 5.75 Å². The Kier molecular flexibility index (Phi) is 4.47. The first kappa shape index (κ1) is 13.8. The van der Waals surface area contributed by atoms with Crippen molar-refractivity contribution in [3.63, 3.8) is 0 Å². The van der Waals surface area contributed by atoms with Gasteiger partial charge in [-0.3, -0.25) is 10.1 Å². The molecule has 0 unspecified atom stereocenters. The van der Waals surface area contributed by atoms with Gasteiger partial charge in [0, 0.05) is 11.8 Å². The van der Waals surface area contributed by atoms with Crippen molar-refractivity contribution in [2.75, 3.05) is 12.3 Å². The highest BCUT2D eigenvalue weighted by Crippen LogP contribution is 2.29. The Balaban J connectivity index is 2.90. The van der Waals surface area contributed by atoms with Gasteiger partial charge in [-0.05, 0) is 26.0 Å². The number of carbonyl (C=O) groups excluding carboxylic acids is 1. The van der Waals surface area contributed by atoms with Gasteiger partial charge in [-0.1, -0.05) is 0 Å². The molecular formula is C11H14N2O5. The monoisotopic (exact) mass is 254 g/mol. The number of nitrogen functional groups attached to an aromatic ring is 1. The summed E-state index contributed by atoms with van der Waals surface area (Å²) in [6.07, 6.45) is -0.924. The van der Waals surface area contributed by atoms with Gasteiger partial charge in [0.25, 0.3) is 0 Å². The van der Waals surface area contributed by atoms with Crippen LogP contribution in [-0.4, -0.2) is 23.6 Å². The maximum Gasteiger partial charge on any atom is 0.347 e. The van der Waals surface area contributed by atoms with E-state index in [2.05, 4.69) is 0 Å². The second-order valence-electron chi connectivity index (χ2n) is 3.50. The molecule has 1 atom stereocenters. The van der Waals surface area contributed by atoms with Crippen LogP contribution in [-0.2, 0) is 9.53 Å². The summed E-state index contributed by atoms with van der Waals surface area (Å²) in [6.45, 7) is 3.34. The molecule has 0 aliphatic carbocycles. The fraction of sp³-hybridized carbons (Fsp3) is 0.364. The molecule has 0 saturated heterocycles. The summed E-state index contributed by atoms with van der Waals surface area (Å²) in [4.78, 5) is 21.5. The van der Waals surface area contributed by atoms with Gasteiger partial charge in [-0.2, -0.15) is 0 Å². The SMILES string of the molecule is CCOC(=O)[C@H](C)Oc1ccc(N)cc1[N+](=O)[O-]. The largest absolute Gasteiger partial charge is 0.472 e. The van der Waals surface area contributed by atoms with Crippen LogP contribution in [0.5, 0.6) is 5.75 Å². The number of hydrogen-bond acceptors (Lipinski definition) is 6. The second-order valence-corrected chi connectivity index (χ2v) is 3.50. The molecule has 18 heavy (non-hydrogen) atoms. The summed E-state index contributed by atoms with van der Waals surface area (Å²) in [7, 11) is 0. The van der Waals surface area contributed by atoms with Crippen molar-refractivity contribution in [2.24, 2.45) is 0 Å². The summed E-state index contributed by atoms with van der Waals surface area (Å²) >= 11 is 0. The fourth-order valence-electron chi connectivity index (χ4n) is 1.27. The number of ether oxygens (including phenoxy) is 2. The Labute approximate surface area is 104 Å². The number of nitro groups is 1. The normalized spacial score (nSPS) is 11.7. The predicted octanol–water partition coefficient (Wildman–Crippen LogP) is 1.51. The van der Waals surface area contributed by atoms with Gasteiger partial charge < -0.3 is 15.2 Å². The lowest BCUT2D eigenvalue weighted by atomic mass is 10.2.